The molecule has 5 nitrogen and oxygen atoms in total. The van der Waals surface area contributed by atoms with Gasteiger partial charge in [-0.05, 0) is 24.8 Å². The van der Waals surface area contributed by atoms with Crippen LogP contribution in [0.4, 0.5) is 0 Å². The van der Waals surface area contributed by atoms with Gasteiger partial charge in [0.1, 0.15) is 0 Å². The summed E-state index contributed by atoms with van der Waals surface area (Å²) in [6.45, 7) is 6.23. The Bertz CT molecular complexity index is 536. The Kier molecular flexibility index (Phi) is 6.19. The molecule has 120 valence electrons. The van der Waals surface area contributed by atoms with Crippen LogP contribution >= 0.6 is 11.3 Å². The van der Waals surface area contributed by atoms with Gasteiger partial charge < -0.3 is 10.1 Å². The lowest BCUT2D eigenvalue weighted by Gasteiger charge is -2.08. The summed E-state index contributed by atoms with van der Waals surface area (Å²) in [5, 5.41) is 5.08. The molecule has 0 unspecified atom stereocenters. The second kappa shape index (κ2) is 7.69. The van der Waals surface area contributed by atoms with Crippen molar-refractivity contribution in [3.8, 4) is 0 Å². The smallest absolute Gasteiger partial charge is 0.241 e. The number of hydrogen-bond donors (Lipinski definition) is 2. The van der Waals surface area contributed by atoms with Crippen molar-refractivity contribution in [2.24, 2.45) is 5.92 Å². The molecule has 0 aliphatic heterocycles. The van der Waals surface area contributed by atoms with Gasteiger partial charge in [0.2, 0.25) is 10.0 Å². The third-order valence-electron chi connectivity index (χ3n) is 3.07. The largest absolute Gasteiger partial charge is 0.380 e. The number of thiophene rings is 1. The molecule has 0 radical (unpaired) electrons. The minimum atomic E-state index is -3.41. The second-order valence-electron chi connectivity index (χ2n) is 5.77. The molecule has 0 amide bonds. The molecule has 1 aliphatic carbocycles. The van der Waals surface area contributed by atoms with Crippen molar-refractivity contribution >= 4 is 21.4 Å². The van der Waals surface area contributed by atoms with Crippen LogP contribution < -0.4 is 10.0 Å². The first-order chi connectivity index (χ1) is 9.97. The summed E-state index contributed by atoms with van der Waals surface area (Å²) in [4.78, 5) is 1.40. The minimum absolute atomic E-state index is 0.306. The number of nitrogens with one attached hydrogen (secondary N) is 2. The van der Waals surface area contributed by atoms with Crippen LogP contribution in [-0.2, 0) is 21.3 Å². The molecule has 0 aromatic carbocycles. The molecule has 7 heteroatoms. The maximum atomic E-state index is 12.1. The lowest BCUT2D eigenvalue weighted by atomic mass is 10.2. The Hall–Kier alpha value is -0.470. The molecule has 0 saturated heterocycles. The van der Waals surface area contributed by atoms with Crippen molar-refractivity contribution in [1.29, 1.82) is 0 Å². The summed E-state index contributed by atoms with van der Waals surface area (Å²) in [6, 6.07) is 2.38. The van der Waals surface area contributed by atoms with Crippen LogP contribution in [-0.4, -0.2) is 34.2 Å². The standard InChI is InChI=1S/C14H24N2O3S2/c1-11(2)9-19-6-5-16-21(17,18)14-7-13(20-10-14)8-15-12-3-4-12/h7,10-12,15-16H,3-6,8-9H2,1-2H3. The zero-order valence-electron chi connectivity index (χ0n) is 12.6. The fourth-order valence-corrected chi connectivity index (χ4v) is 4.02. The summed E-state index contributed by atoms with van der Waals surface area (Å²) in [5.74, 6) is 0.458. The SMILES string of the molecule is CC(C)COCCNS(=O)(=O)c1csc(CNC2CC2)c1. The first-order valence-electron chi connectivity index (χ1n) is 7.35. The molecule has 2 rings (SSSR count). The van der Waals surface area contributed by atoms with Crippen LogP contribution in [0.2, 0.25) is 0 Å². The fourth-order valence-electron chi connectivity index (χ4n) is 1.78. The summed E-state index contributed by atoms with van der Waals surface area (Å²) in [6.07, 6.45) is 2.46. The van der Waals surface area contributed by atoms with Gasteiger partial charge in [-0.15, -0.1) is 11.3 Å². The molecule has 2 N–H and O–H groups in total. The molecule has 1 heterocycles. The molecule has 1 aliphatic rings. The molecular formula is C14H24N2O3S2. The normalized spacial score (nSPS) is 15.8. The first-order valence-corrected chi connectivity index (χ1v) is 9.72. The molecule has 1 aromatic heterocycles. The van der Waals surface area contributed by atoms with E-state index in [4.69, 9.17) is 4.74 Å². The van der Waals surface area contributed by atoms with Gasteiger partial charge in [-0.25, -0.2) is 13.1 Å². The zero-order chi connectivity index (χ0) is 15.3. The van der Waals surface area contributed by atoms with Gasteiger partial charge in [-0.1, -0.05) is 13.8 Å². The highest BCUT2D eigenvalue weighted by Crippen LogP contribution is 2.22. The van der Waals surface area contributed by atoms with Crippen LogP contribution in [0.3, 0.4) is 0 Å². The van der Waals surface area contributed by atoms with Gasteiger partial charge in [-0.2, -0.15) is 0 Å². The zero-order valence-corrected chi connectivity index (χ0v) is 14.2. The topological polar surface area (TPSA) is 67.4 Å². The molecule has 1 saturated carbocycles. The highest BCUT2D eigenvalue weighted by atomic mass is 32.2. The van der Waals surface area contributed by atoms with Crippen LogP contribution in [0.25, 0.3) is 0 Å². The van der Waals surface area contributed by atoms with E-state index in [1.165, 1.54) is 24.2 Å². The van der Waals surface area contributed by atoms with Gasteiger partial charge in [0.15, 0.2) is 0 Å². The van der Waals surface area contributed by atoms with Gasteiger partial charge in [0, 0.05) is 36.0 Å². The van der Waals surface area contributed by atoms with E-state index in [2.05, 4.69) is 23.9 Å². The molecule has 0 atom stereocenters. The number of rotatable bonds is 10. The quantitative estimate of drug-likeness (QED) is 0.643. The Morgan fingerprint density at radius 3 is 2.86 bits per heavy atom. The van der Waals surface area contributed by atoms with Crippen molar-refractivity contribution in [2.45, 2.75) is 44.2 Å². The van der Waals surface area contributed by atoms with Crippen molar-refractivity contribution in [3.05, 3.63) is 16.3 Å². The van der Waals surface area contributed by atoms with E-state index in [1.807, 2.05) is 0 Å². The monoisotopic (exact) mass is 332 g/mol. The van der Waals surface area contributed by atoms with Crippen LogP contribution in [0, 0.1) is 5.92 Å². The summed E-state index contributed by atoms with van der Waals surface area (Å²) >= 11 is 1.48. The fraction of sp³-hybridized carbons (Fsp3) is 0.714. The molecule has 0 spiro atoms. The molecular weight excluding hydrogens is 308 g/mol. The Labute approximate surface area is 131 Å². The van der Waals surface area contributed by atoms with Gasteiger partial charge >= 0.3 is 0 Å². The van der Waals surface area contributed by atoms with Gasteiger partial charge in [-0.3, -0.25) is 0 Å². The summed E-state index contributed by atoms with van der Waals surface area (Å²) < 4.78 is 32.2. The van der Waals surface area contributed by atoms with Crippen LogP contribution in [0.15, 0.2) is 16.3 Å². The Balaban J connectivity index is 1.75. The average Bonchev–Trinajstić information content (AvgIpc) is 3.11. The number of sulfonamides is 1. The minimum Gasteiger partial charge on any atom is -0.380 e. The highest BCUT2D eigenvalue weighted by molar-refractivity contribution is 7.89. The molecule has 1 aromatic rings. The number of hydrogen-bond acceptors (Lipinski definition) is 5. The highest BCUT2D eigenvalue weighted by Gasteiger charge is 2.21. The first kappa shape index (κ1) is 16.9. The maximum absolute atomic E-state index is 12.1. The van der Waals surface area contributed by atoms with Gasteiger partial charge in [0.25, 0.3) is 0 Å². The average molecular weight is 332 g/mol. The predicted octanol–water partition coefficient (Wildman–Crippen LogP) is 1.95. The maximum Gasteiger partial charge on any atom is 0.241 e. The van der Waals surface area contributed by atoms with Crippen molar-refractivity contribution in [1.82, 2.24) is 10.0 Å². The molecule has 1 fully saturated rings. The van der Waals surface area contributed by atoms with E-state index >= 15 is 0 Å². The lowest BCUT2D eigenvalue weighted by molar-refractivity contribution is 0.114. The number of ether oxygens (including phenoxy) is 1. The lowest BCUT2D eigenvalue weighted by Crippen LogP contribution is -2.27. The second-order valence-corrected chi connectivity index (χ2v) is 8.53. The van der Waals surface area contributed by atoms with Crippen molar-refractivity contribution < 1.29 is 13.2 Å². The van der Waals surface area contributed by atoms with Crippen LogP contribution in [0.5, 0.6) is 0 Å². The van der Waals surface area contributed by atoms with E-state index in [1.54, 1.807) is 11.4 Å². The molecule has 21 heavy (non-hydrogen) atoms. The third kappa shape index (κ3) is 6.04. The third-order valence-corrected chi connectivity index (χ3v) is 5.60. The van der Waals surface area contributed by atoms with E-state index < -0.39 is 10.0 Å². The van der Waals surface area contributed by atoms with E-state index in [0.717, 1.165) is 11.4 Å². The van der Waals surface area contributed by atoms with E-state index in [-0.39, 0.29) is 0 Å². The van der Waals surface area contributed by atoms with Crippen LogP contribution in [0.1, 0.15) is 31.6 Å². The Morgan fingerprint density at radius 1 is 1.43 bits per heavy atom. The summed E-state index contributed by atoms with van der Waals surface area (Å²) in [7, 11) is -3.41. The predicted molar refractivity (Wildman–Crippen MR) is 85.0 cm³/mol. The Morgan fingerprint density at radius 2 is 2.19 bits per heavy atom. The van der Waals surface area contributed by atoms with Gasteiger partial charge in [0.05, 0.1) is 11.5 Å². The van der Waals surface area contributed by atoms with E-state index in [0.29, 0.717) is 36.6 Å². The van der Waals surface area contributed by atoms with E-state index in [9.17, 15) is 8.42 Å². The summed E-state index contributed by atoms with van der Waals surface area (Å²) in [5.41, 5.74) is 0. The van der Waals surface area contributed by atoms with Crippen molar-refractivity contribution in [3.63, 3.8) is 0 Å². The van der Waals surface area contributed by atoms with Crippen molar-refractivity contribution in [2.75, 3.05) is 19.8 Å². The molecule has 0 bridgehead atoms.